The second kappa shape index (κ2) is 5.46. The molecule has 0 aromatic carbocycles. The van der Waals surface area contributed by atoms with Crippen LogP contribution in [-0.4, -0.2) is 18.2 Å². The van der Waals surface area contributed by atoms with Crippen LogP contribution in [0.3, 0.4) is 0 Å². The van der Waals surface area contributed by atoms with Crippen molar-refractivity contribution in [2.24, 2.45) is 11.8 Å². The van der Waals surface area contributed by atoms with E-state index in [-0.39, 0.29) is 6.10 Å². The quantitative estimate of drug-likeness (QED) is 0.896. The Morgan fingerprint density at radius 2 is 1.83 bits per heavy atom. The van der Waals surface area contributed by atoms with Crippen molar-refractivity contribution in [2.75, 3.05) is 12.8 Å². The van der Waals surface area contributed by atoms with Gasteiger partial charge in [-0.25, -0.2) is 0 Å². The first-order chi connectivity index (χ1) is 8.58. The summed E-state index contributed by atoms with van der Waals surface area (Å²) in [5.41, 5.74) is 6.27. The van der Waals surface area contributed by atoms with E-state index in [0.717, 1.165) is 24.7 Å². The zero-order valence-corrected chi connectivity index (χ0v) is 11.3. The molecule has 1 saturated carbocycles. The van der Waals surface area contributed by atoms with Crippen molar-refractivity contribution < 1.29 is 9.47 Å². The third-order valence-electron chi connectivity index (χ3n) is 3.48. The Morgan fingerprint density at radius 3 is 2.44 bits per heavy atom. The molecule has 0 aliphatic heterocycles. The molecule has 0 radical (unpaired) electrons. The minimum Gasteiger partial charge on any atom is -0.479 e. The molecule has 1 aromatic heterocycles. The number of anilines is 1. The maximum atomic E-state index is 5.95. The molecular formula is C14H22N2O2. The van der Waals surface area contributed by atoms with Crippen molar-refractivity contribution in [3.63, 3.8) is 0 Å². The predicted octanol–water partition coefficient (Wildman–Crippen LogP) is 2.88. The molecule has 1 aliphatic rings. The van der Waals surface area contributed by atoms with Crippen LogP contribution in [-0.2, 0) is 0 Å². The fourth-order valence-corrected chi connectivity index (χ4v) is 2.80. The van der Waals surface area contributed by atoms with Gasteiger partial charge in [0.25, 0.3) is 0 Å². The van der Waals surface area contributed by atoms with Crippen LogP contribution in [0.1, 0.15) is 33.1 Å². The van der Waals surface area contributed by atoms with Gasteiger partial charge in [-0.3, -0.25) is 0 Å². The van der Waals surface area contributed by atoms with Crippen molar-refractivity contribution >= 4 is 5.69 Å². The second-order valence-corrected chi connectivity index (χ2v) is 5.41. The summed E-state index contributed by atoms with van der Waals surface area (Å²) in [6, 6.07) is 3.58. The molecule has 0 saturated heterocycles. The van der Waals surface area contributed by atoms with E-state index >= 15 is 0 Å². The van der Waals surface area contributed by atoms with E-state index in [9.17, 15) is 0 Å². The number of ether oxygens (including phenoxy) is 2. The molecule has 4 nitrogen and oxygen atoms in total. The molecule has 0 amide bonds. The van der Waals surface area contributed by atoms with Crippen LogP contribution in [0.5, 0.6) is 11.8 Å². The van der Waals surface area contributed by atoms with Crippen LogP contribution in [0.4, 0.5) is 5.69 Å². The Hall–Kier alpha value is -1.45. The van der Waals surface area contributed by atoms with Crippen molar-refractivity contribution in [2.45, 2.75) is 39.2 Å². The van der Waals surface area contributed by atoms with Crippen LogP contribution in [0.15, 0.2) is 12.1 Å². The van der Waals surface area contributed by atoms with Crippen LogP contribution in [0.25, 0.3) is 0 Å². The monoisotopic (exact) mass is 250 g/mol. The lowest BCUT2D eigenvalue weighted by atomic mass is 9.82. The van der Waals surface area contributed by atoms with Gasteiger partial charge in [-0.05, 0) is 37.2 Å². The number of hydrogen-bond donors (Lipinski definition) is 1. The lowest BCUT2D eigenvalue weighted by Gasteiger charge is -2.31. The van der Waals surface area contributed by atoms with Gasteiger partial charge in [0.15, 0.2) is 0 Å². The number of nitrogen functional groups attached to an aromatic ring is 1. The Balaban J connectivity index is 2.04. The number of nitrogens with zero attached hydrogens (tertiary/aromatic N) is 1. The summed E-state index contributed by atoms with van der Waals surface area (Å²) < 4.78 is 11.0. The third kappa shape index (κ3) is 3.06. The highest BCUT2D eigenvalue weighted by Gasteiger charge is 2.25. The Labute approximate surface area is 108 Å². The van der Waals surface area contributed by atoms with Crippen LogP contribution in [0.2, 0.25) is 0 Å². The summed E-state index contributed by atoms with van der Waals surface area (Å²) >= 11 is 0. The molecular weight excluding hydrogens is 228 g/mol. The van der Waals surface area contributed by atoms with E-state index < -0.39 is 0 Å². The van der Waals surface area contributed by atoms with Gasteiger partial charge in [-0.1, -0.05) is 13.8 Å². The van der Waals surface area contributed by atoms with Gasteiger partial charge in [0.05, 0.1) is 12.8 Å². The number of aromatic nitrogens is 1. The lowest BCUT2D eigenvalue weighted by Crippen LogP contribution is -2.28. The van der Waals surface area contributed by atoms with E-state index in [1.165, 1.54) is 6.42 Å². The summed E-state index contributed by atoms with van der Waals surface area (Å²) in [5.74, 6) is 2.47. The molecule has 2 unspecified atom stereocenters. The zero-order valence-electron chi connectivity index (χ0n) is 11.3. The highest BCUT2D eigenvalue weighted by atomic mass is 16.5. The van der Waals surface area contributed by atoms with Gasteiger partial charge in [-0.2, -0.15) is 4.98 Å². The molecule has 1 aliphatic carbocycles. The van der Waals surface area contributed by atoms with E-state index in [1.807, 2.05) is 6.07 Å². The van der Waals surface area contributed by atoms with Gasteiger partial charge in [-0.15, -0.1) is 0 Å². The molecule has 1 fully saturated rings. The molecule has 2 N–H and O–H groups in total. The third-order valence-corrected chi connectivity index (χ3v) is 3.48. The van der Waals surface area contributed by atoms with Crippen LogP contribution in [0, 0.1) is 11.8 Å². The van der Waals surface area contributed by atoms with E-state index in [0.29, 0.717) is 17.4 Å². The molecule has 1 heterocycles. The van der Waals surface area contributed by atoms with E-state index in [4.69, 9.17) is 15.2 Å². The zero-order chi connectivity index (χ0) is 13.1. The molecule has 18 heavy (non-hydrogen) atoms. The minimum absolute atomic E-state index is 0.254. The molecule has 2 rings (SSSR count). The normalized spacial score (nSPS) is 27.8. The fourth-order valence-electron chi connectivity index (χ4n) is 2.80. The fraction of sp³-hybridized carbons (Fsp3) is 0.643. The summed E-state index contributed by atoms with van der Waals surface area (Å²) in [6.07, 6.45) is 3.74. The highest BCUT2D eigenvalue weighted by Crippen LogP contribution is 2.31. The number of hydrogen-bond acceptors (Lipinski definition) is 4. The van der Waals surface area contributed by atoms with Crippen molar-refractivity contribution in [3.05, 3.63) is 12.1 Å². The molecule has 4 heteroatoms. The summed E-state index contributed by atoms with van der Waals surface area (Å²) in [5, 5.41) is 0. The average Bonchev–Trinajstić information content (AvgIpc) is 2.30. The Morgan fingerprint density at radius 1 is 1.17 bits per heavy atom. The van der Waals surface area contributed by atoms with Gasteiger partial charge in [0.1, 0.15) is 6.10 Å². The number of nitrogens with two attached hydrogens (primary N) is 1. The molecule has 2 atom stereocenters. The van der Waals surface area contributed by atoms with E-state index in [2.05, 4.69) is 18.8 Å². The Bertz CT molecular complexity index is 399. The maximum absolute atomic E-state index is 5.95. The Kier molecular flexibility index (Phi) is 3.94. The standard InChI is InChI=1S/C14H22N2O2/c1-9-6-10(2)8-11(7-9)18-13-5-4-12(15)14(16-13)17-3/h4-5,9-11H,6-8,15H2,1-3H3. The molecule has 1 aromatic rings. The lowest BCUT2D eigenvalue weighted by molar-refractivity contribution is 0.0961. The predicted molar refractivity (Wildman–Crippen MR) is 71.8 cm³/mol. The topological polar surface area (TPSA) is 57.4 Å². The van der Waals surface area contributed by atoms with Crippen molar-refractivity contribution in [1.29, 1.82) is 0 Å². The largest absolute Gasteiger partial charge is 0.479 e. The maximum Gasteiger partial charge on any atom is 0.240 e. The number of methoxy groups -OCH3 is 1. The highest BCUT2D eigenvalue weighted by molar-refractivity contribution is 5.49. The average molecular weight is 250 g/mol. The first kappa shape index (κ1) is 13.0. The molecule has 100 valence electrons. The van der Waals surface area contributed by atoms with Gasteiger partial charge in [0.2, 0.25) is 11.8 Å². The van der Waals surface area contributed by atoms with Gasteiger partial charge < -0.3 is 15.2 Å². The molecule has 0 bridgehead atoms. The van der Waals surface area contributed by atoms with Crippen LogP contribution >= 0.6 is 0 Å². The van der Waals surface area contributed by atoms with E-state index in [1.54, 1.807) is 13.2 Å². The first-order valence-electron chi connectivity index (χ1n) is 6.55. The summed E-state index contributed by atoms with van der Waals surface area (Å²) in [4.78, 5) is 4.27. The number of pyridine rings is 1. The summed E-state index contributed by atoms with van der Waals surface area (Å²) in [7, 11) is 1.56. The van der Waals surface area contributed by atoms with Crippen molar-refractivity contribution in [3.8, 4) is 11.8 Å². The van der Waals surface area contributed by atoms with Crippen molar-refractivity contribution in [1.82, 2.24) is 4.98 Å². The second-order valence-electron chi connectivity index (χ2n) is 5.41. The summed E-state index contributed by atoms with van der Waals surface area (Å²) in [6.45, 7) is 4.56. The first-order valence-corrected chi connectivity index (χ1v) is 6.55. The van der Waals surface area contributed by atoms with Gasteiger partial charge >= 0.3 is 0 Å². The SMILES string of the molecule is COc1nc(OC2CC(C)CC(C)C2)ccc1N. The smallest absolute Gasteiger partial charge is 0.240 e. The number of rotatable bonds is 3. The van der Waals surface area contributed by atoms with Gasteiger partial charge in [0, 0.05) is 6.07 Å². The molecule has 0 spiro atoms. The minimum atomic E-state index is 0.254. The van der Waals surface area contributed by atoms with Crippen LogP contribution < -0.4 is 15.2 Å².